The van der Waals surface area contributed by atoms with Gasteiger partial charge in [0.05, 0.1) is 0 Å². The van der Waals surface area contributed by atoms with E-state index in [1.54, 1.807) is 30.3 Å². The topological polar surface area (TPSA) is 79.5 Å². The molecule has 0 saturated heterocycles. The lowest BCUT2D eigenvalue weighted by molar-refractivity contribution is -0.119. The second-order valence-electron chi connectivity index (χ2n) is 4.96. The Morgan fingerprint density at radius 1 is 1.00 bits per heavy atom. The van der Waals surface area contributed by atoms with E-state index in [0.29, 0.717) is 22.9 Å². The van der Waals surface area contributed by atoms with Gasteiger partial charge >= 0.3 is 6.03 Å². The predicted octanol–water partition coefficient (Wildman–Crippen LogP) is 3.25. The molecule has 0 saturated carbocycles. The number of urea groups is 1. The van der Waals surface area contributed by atoms with Crippen molar-refractivity contribution in [3.63, 3.8) is 0 Å². The molecule has 126 valence electrons. The van der Waals surface area contributed by atoms with Crippen LogP contribution in [0.2, 0.25) is 5.02 Å². The molecule has 3 N–H and O–H groups in total. The molecule has 0 atom stereocenters. The Hall–Kier alpha value is -2.57. The zero-order valence-corrected chi connectivity index (χ0v) is 13.9. The summed E-state index contributed by atoms with van der Waals surface area (Å²) in [7, 11) is 1.45. The lowest BCUT2D eigenvalue weighted by Gasteiger charge is -2.10. The molecule has 0 aliphatic heterocycles. The van der Waals surface area contributed by atoms with Crippen LogP contribution < -0.4 is 16.0 Å². The van der Waals surface area contributed by atoms with E-state index < -0.39 is 0 Å². The van der Waals surface area contributed by atoms with Gasteiger partial charge in [-0.1, -0.05) is 29.8 Å². The highest BCUT2D eigenvalue weighted by Gasteiger charge is 2.05. The minimum Gasteiger partial charge on any atom is -0.375 e. The van der Waals surface area contributed by atoms with Crippen LogP contribution in [0.15, 0.2) is 48.5 Å². The van der Waals surface area contributed by atoms with Gasteiger partial charge in [0.15, 0.2) is 0 Å². The summed E-state index contributed by atoms with van der Waals surface area (Å²) in [5.74, 6) is -0.240. The molecule has 7 heteroatoms. The van der Waals surface area contributed by atoms with Crippen molar-refractivity contribution in [2.24, 2.45) is 0 Å². The van der Waals surface area contributed by atoms with E-state index in [0.717, 1.165) is 5.56 Å². The fourth-order valence-electron chi connectivity index (χ4n) is 1.96. The Labute approximate surface area is 145 Å². The highest BCUT2D eigenvalue weighted by Crippen LogP contribution is 2.15. The largest absolute Gasteiger partial charge is 0.375 e. The van der Waals surface area contributed by atoms with Crippen LogP contribution in [0.3, 0.4) is 0 Å². The highest BCUT2D eigenvalue weighted by atomic mass is 35.5. The van der Waals surface area contributed by atoms with Crippen molar-refractivity contribution in [1.82, 2.24) is 5.32 Å². The number of halogens is 1. The van der Waals surface area contributed by atoms with Gasteiger partial charge in [0.2, 0.25) is 5.91 Å². The van der Waals surface area contributed by atoms with E-state index in [4.69, 9.17) is 16.3 Å². The first kappa shape index (κ1) is 17.8. The van der Waals surface area contributed by atoms with Gasteiger partial charge in [0.25, 0.3) is 0 Å². The van der Waals surface area contributed by atoms with Crippen molar-refractivity contribution in [3.8, 4) is 0 Å². The fraction of sp³-hybridized carbons (Fsp3) is 0.176. The first-order valence-corrected chi connectivity index (χ1v) is 7.63. The number of hydrogen-bond acceptors (Lipinski definition) is 3. The fourth-order valence-corrected chi connectivity index (χ4v) is 2.16. The molecule has 24 heavy (non-hydrogen) atoms. The molecule has 2 rings (SSSR count). The van der Waals surface area contributed by atoms with Crippen LogP contribution in [0, 0.1) is 0 Å². The molecule has 0 bridgehead atoms. The first-order valence-electron chi connectivity index (χ1n) is 7.25. The Morgan fingerprint density at radius 2 is 1.62 bits per heavy atom. The molecule has 0 fully saturated rings. The molecule has 0 aliphatic rings. The minimum absolute atomic E-state index is 0.00947. The van der Waals surface area contributed by atoms with Gasteiger partial charge in [0, 0.05) is 30.1 Å². The Balaban J connectivity index is 1.83. The van der Waals surface area contributed by atoms with Gasteiger partial charge in [-0.3, -0.25) is 4.79 Å². The summed E-state index contributed by atoms with van der Waals surface area (Å²) < 4.78 is 4.74. The van der Waals surface area contributed by atoms with E-state index in [1.165, 1.54) is 7.11 Å². The predicted molar refractivity (Wildman–Crippen MR) is 94.3 cm³/mol. The van der Waals surface area contributed by atoms with Crippen molar-refractivity contribution in [3.05, 3.63) is 59.1 Å². The van der Waals surface area contributed by atoms with Crippen LogP contribution >= 0.6 is 11.6 Å². The average Bonchev–Trinajstić information content (AvgIpc) is 2.56. The second kappa shape index (κ2) is 8.90. The first-order chi connectivity index (χ1) is 11.6. The highest BCUT2D eigenvalue weighted by molar-refractivity contribution is 6.31. The zero-order chi connectivity index (χ0) is 17.4. The van der Waals surface area contributed by atoms with Crippen LogP contribution in [0.1, 0.15) is 5.56 Å². The van der Waals surface area contributed by atoms with Gasteiger partial charge in [-0.15, -0.1) is 0 Å². The summed E-state index contributed by atoms with van der Waals surface area (Å²) in [6, 6.07) is 13.7. The zero-order valence-electron chi connectivity index (χ0n) is 13.1. The third-order valence-electron chi connectivity index (χ3n) is 3.10. The van der Waals surface area contributed by atoms with Crippen molar-refractivity contribution in [2.75, 3.05) is 24.4 Å². The van der Waals surface area contributed by atoms with E-state index in [-0.39, 0.29) is 18.5 Å². The van der Waals surface area contributed by atoms with Crippen LogP contribution in [-0.2, 0) is 16.1 Å². The number of hydrogen-bond donors (Lipinski definition) is 3. The van der Waals surface area contributed by atoms with Crippen molar-refractivity contribution >= 4 is 34.9 Å². The minimum atomic E-state index is -0.342. The SMILES string of the molecule is COCC(=O)Nc1ccc(NC(=O)NCc2ccccc2Cl)cc1. The number of carbonyl (C=O) groups excluding carboxylic acids is 2. The third kappa shape index (κ3) is 5.57. The van der Waals surface area contributed by atoms with Gasteiger partial charge in [-0.2, -0.15) is 0 Å². The molecule has 2 aromatic carbocycles. The van der Waals surface area contributed by atoms with E-state index >= 15 is 0 Å². The Kier molecular flexibility index (Phi) is 6.60. The molecule has 0 heterocycles. The number of ether oxygens (including phenoxy) is 1. The molecule has 6 nitrogen and oxygen atoms in total. The maximum atomic E-state index is 11.9. The Morgan fingerprint density at radius 3 is 2.25 bits per heavy atom. The van der Waals surface area contributed by atoms with Crippen LogP contribution in [0.25, 0.3) is 0 Å². The maximum Gasteiger partial charge on any atom is 0.319 e. The summed E-state index contributed by atoms with van der Waals surface area (Å²) in [4.78, 5) is 23.3. The number of nitrogens with one attached hydrogen (secondary N) is 3. The lowest BCUT2D eigenvalue weighted by atomic mass is 10.2. The quantitative estimate of drug-likeness (QED) is 0.750. The summed E-state index contributed by atoms with van der Waals surface area (Å²) in [5.41, 5.74) is 2.07. The van der Waals surface area contributed by atoms with E-state index in [9.17, 15) is 9.59 Å². The standard InChI is InChI=1S/C17H18ClN3O3/c1-24-11-16(22)20-13-6-8-14(9-7-13)21-17(23)19-10-12-4-2-3-5-15(12)18/h2-9H,10-11H2,1H3,(H,20,22)(H2,19,21,23). The smallest absolute Gasteiger partial charge is 0.319 e. The summed E-state index contributed by atoms with van der Waals surface area (Å²) in [6.45, 7) is 0.321. The monoisotopic (exact) mass is 347 g/mol. The molecular weight excluding hydrogens is 330 g/mol. The molecule has 0 spiro atoms. The van der Waals surface area contributed by atoms with Gasteiger partial charge in [-0.05, 0) is 35.9 Å². The summed E-state index contributed by atoms with van der Waals surface area (Å²) in [5, 5.41) is 8.71. The van der Waals surface area contributed by atoms with Crippen LogP contribution in [-0.4, -0.2) is 25.7 Å². The maximum absolute atomic E-state index is 11.9. The molecule has 0 aliphatic carbocycles. The normalized spacial score (nSPS) is 10.1. The molecular formula is C17H18ClN3O3. The molecule has 2 aromatic rings. The number of rotatable bonds is 6. The van der Waals surface area contributed by atoms with Gasteiger partial charge < -0.3 is 20.7 Å². The molecule has 0 unspecified atom stereocenters. The Bertz CT molecular complexity index is 704. The average molecular weight is 348 g/mol. The molecule has 0 aromatic heterocycles. The van der Waals surface area contributed by atoms with Crippen molar-refractivity contribution < 1.29 is 14.3 Å². The number of benzene rings is 2. The van der Waals surface area contributed by atoms with Crippen LogP contribution in [0.5, 0.6) is 0 Å². The van der Waals surface area contributed by atoms with E-state index in [2.05, 4.69) is 16.0 Å². The number of amides is 3. The number of carbonyl (C=O) groups is 2. The summed E-state index contributed by atoms with van der Waals surface area (Å²) >= 11 is 6.03. The lowest BCUT2D eigenvalue weighted by Crippen LogP contribution is -2.28. The summed E-state index contributed by atoms with van der Waals surface area (Å²) in [6.07, 6.45) is 0. The third-order valence-corrected chi connectivity index (χ3v) is 3.47. The molecule has 0 radical (unpaired) electrons. The van der Waals surface area contributed by atoms with Crippen molar-refractivity contribution in [2.45, 2.75) is 6.54 Å². The molecule has 3 amide bonds. The van der Waals surface area contributed by atoms with Crippen molar-refractivity contribution in [1.29, 1.82) is 0 Å². The number of anilines is 2. The van der Waals surface area contributed by atoms with Gasteiger partial charge in [0.1, 0.15) is 6.61 Å². The van der Waals surface area contributed by atoms with Crippen LogP contribution in [0.4, 0.5) is 16.2 Å². The second-order valence-corrected chi connectivity index (χ2v) is 5.36. The van der Waals surface area contributed by atoms with E-state index in [1.807, 2.05) is 18.2 Å². The number of methoxy groups -OCH3 is 1. The van der Waals surface area contributed by atoms with Gasteiger partial charge in [-0.25, -0.2) is 4.79 Å².